The van der Waals surface area contributed by atoms with Gasteiger partial charge in [-0.2, -0.15) is 0 Å². The lowest BCUT2D eigenvalue weighted by Gasteiger charge is -2.30. The maximum Gasteiger partial charge on any atom is 0.228 e. The van der Waals surface area contributed by atoms with Crippen molar-refractivity contribution >= 4 is 23.1 Å². The smallest absolute Gasteiger partial charge is 0.228 e. The number of nitrogens with zero attached hydrogens (tertiary/aromatic N) is 1. The minimum absolute atomic E-state index is 0.261. The van der Waals surface area contributed by atoms with Crippen molar-refractivity contribution in [3.8, 4) is 0 Å². The molecule has 0 aromatic rings. The first kappa shape index (κ1) is 9.13. The van der Waals surface area contributed by atoms with Crippen LogP contribution in [0.15, 0.2) is 0 Å². The minimum Gasteiger partial charge on any atom is -0.303 e. The third kappa shape index (κ3) is 1.75. The minimum atomic E-state index is 0.261. The van der Waals surface area contributed by atoms with E-state index in [4.69, 9.17) is 12.2 Å². The van der Waals surface area contributed by atoms with Crippen molar-refractivity contribution in [1.29, 1.82) is 0 Å². The molecule has 1 aliphatic heterocycles. The molecule has 2 aliphatic rings. The number of carbonyl (C=O) groups excluding carboxylic acids is 1. The van der Waals surface area contributed by atoms with Crippen molar-refractivity contribution in [2.75, 3.05) is 0 Å². The third-order valence-electron chi connectivity index (χ3n) is 3.03. The Morgan fingerprint density at radius 3 is 2.38 bits per heavy atom. The van der Waals surface area contributed by atoms with Gasteiger partial charge in [-0.05, 0) is 12.8 Å². The second-order valence-electron chi connectivity index (χ2n) is 3.95. The number of amides is 1. The normalized spacial score (nSPS) is 25.7. The van der Waals surface area contributed by atoms with E-state index < -0.39 is 0 Å². The highest BCUT2D eigenvalue weighted by atomic mass is 32.1. The van der Waals surface area contributed by atoms with E-state index in [1.54, 1.807) is 0 Å². The van der Waals surface area contributed by atoms with Gasteiger partial charge in [0, 0.05) is 18.9 Å². The molecule has 1 heterocycles. The Morgan fingerprint density at radius 2 is 1.85 bits per heavy atom. The predicted molar refractivity (Wildman–Crippen MR) is 55.6 cm³/mol. The molecule has 0 bridgehead atoms. The standard InChI is InChI=1S/C10H15NOS/c12-9-6-7-10(13)11(9)8-4-2-1-3-5-8/h8H,1-7H2. The second kappa shape index (κ2) is 3.74. The van der Waals surface area contributed by atoms with Crippen LogP contribution in [-0.2, 0) is 4.79 Å². The number of likely N-dealkylation sites (tertiary alicyclic amines) is 1. The van der Waals surface area contributed by atoms with Crippen molar-refractivity contribution < 1.29 is 4.79 Å². The average Bonchev–Trinajstić information content (AvgIpc) is 2.48. The summed E-state index contributed by atoms with van der Waals surface area (Å²) in [5, 5.41) is 0. The topological polar surface area (TPSA) is 20.3 Å². The summed E-state index contributed by atoms with van der Waals surface area (Å²) in [6.45, 7) is 0. The lowest BCUT2D eigenvalue weighted by molar-refractivity contribution is -0.127. The summed E-state index contributed by atoms with van der Waals surface area (Å²) < 4.78 is 0. The van der Waals surface area contributed by atoms with Crippen LogP contribution >= 0.6 is 12.2 Å². The van der Waals surface area contributed by atoms with E-state index in [0.29, 0.717) is 12.5 Å². The molecule has 0 N–H and O–H groups in total. The van der Waals surface area contributed by atoms with Crippen LogP contribution in [0.2, 0.25) is 0 Å². The molecule has 1 amide bonds. The third-order valence-corrected chi connectivity index (χ3v) is 3.43. The Balaban J connectivity index is 2.05. The highest BCUT2D eigenvalue weighted by Gasteiger charge is 2.32. The van der Waals surface area contributed by atoms with E-state index in [0.717, 1.165) is 24.3 Å². The Bertz CT molecular complexity index is 217. The van der Waals surface area contributed by atoms with E-state index in [-0.39, 0.29) is 5.91 Å². The maximum atomic E-state index is 11.5. The lowest BCUT2D eigenvalue weighted by Crippen LogP contribution is -2.39. The van der Waals surface area contributed by atoms with Crippen LogP contribution in [-0.4, -0.2) is 21.8 Å². The van der Waals surface area contributed by atoms with Gasteiger partial charge >= 0.3 is 0 Å². The van der Waals surface area contributed by atoms with Gasteiger partial charge in [0.15, 0.2) is 0 Å². The molecule has 0 spiro atoms. The van der Waals surface area contributed by atoms with Gasteiger partial charge in [0.2, 0.25) is 5.91 Å². The zero-order valence-electron chi connectivity index (χ0n) is 7.79. The Morgan fingerprint density at radius 1 is 1.15 bits per heavy atom. The van der Waals surface area contributed by atoms with Crippen LogP contribution < -0.4 is 0 Å². The van der Waals surface area contributed by atoms with Gasteiger partial charge in [0.05, 0.1) is 4.99 Å². The zero-order chi connectivity index (χ0) is 9.26. The fourth-order valence-corrected chi connectivity index (χ4v) is 2.69. The van der Waals surface area contributed by atoms with Crippen molar-refractivity contribution in [3.63, 3.8) is 0 Å². The van der Waals surface area contributed by atoms with Crippen LogP contribution in [0, 0.1) is 0 Å². The van der Waals surface area contributed by atoms with Crippen LogP contribution in [0.1, 0.15) is 44.9 Å². The number of thiocarbonyl (C=S) groups is 1. The zero-order valence-corrected chi connectivity index (χ0v) is 8.61. The highest BCUT2D eigenvalue weighted by Crippen LogP contribution is 2.27. The summed E-state index contributed by atoms with van der Waals surface area (Å²) >= 11 is 5.20. The maximum absolute atomic E-state index is 11.5. The van der Waals surface area contributed by atoms with E-state index >= 15 is 0 Å². The Labute approximate surface area is 84.3 Å². The average molecular weight is 197 g/mol. The molecular weight excluding hydrogens is 182 g/mol. The van der Waals surface area contributed by atoms with Gasteiger partial charge in [-0.15, -0.1) is 0 Å². The summed E-state index contributed by atoms with van der Waals surface area (Å²) in [6, 6.07) is 0.441. The molecule has 2 nitrogen and oxygen atoms in total. The van der Waals surface area contributed by atoms with Crippen LogP contribution in [0.4, 0.5) is 0 Å². The second-order valence-corrected chi connectivity index (χ2v) is 4.42. The van der Waals surface area contributed by atoms with Crippen molar-refractivity contribution in [2.24, 2.45) is 0 Å². The molecule has 2 fully saturated rings. The van der Waals surface area contributed by atoms with Gasteiger partial charge in [0.25, 0.3) is 0 Å². The van der Waals surface area contributed by atoms with E-state index in [1.165, 1.54) is 19.3 Å². The van der Waals surface area contributed by atoms with Gasteiger partial charge < -0.3 is 4.90 Å². The predicted octanol–water partition coefficient (Wildman–Crippen LogP) is 2.27. The highest BCUT2D eigenvalue weighted by molar-refractivity contribution is 7.80. The molecule has 3 heteroatoms. The number of carbonyl (C=O) groups is 1. The number of hydrogen-bond donors (Lipinski definition) is 0. The quantitative estimate of drug-likeness (QED) is 0.601. The van der Waals surface area contributed by atoms with Gasteiger partial charge in [-0.25, -0.2) is 0 Å². The molecule has 0 aromatic carbocycles. The lowest BCUT2D eigenvalue weighted by atomic mass is 9.94. The summed E-state index contributed by atoms with van der Waals surface area (Å²) in [5.41, 5.74) is 0. The van der Waals surface area contributed by atoms with Crippen molar-refractivity contribution in [3.05, 3.63) is 0 Å². The molecule has 0 atom stereocenters. The van der Waals surface area contributed by atoms with Gasteiger partial charge in [-0.3, -0.25) is 4.79 Å². The van der Waals surface area contributed by atoms with Crippen LogP contribution in [0.5, 0.6) is 0 Å². The molecule has 1 saturated carbocycles. The summed E-state index contributed by atoms with van der Waals surface area (Å²) in [4.78, 5) is 14.3. The SMILES string of the molecule is O=C1CCC(=S)N1C1CCCCC1. The largest absolute Gasteiger partial charge is 0.303 e. The van der Waals surface area contributed by atoms with Crippen LogP contribution in [0.25, 0.3) is 0 Å². The summed E-state index contributed by atoms with van der Waals surface area (Å²) in [5.74, 6) is 0.261. The van der Waals surface area contributed by atoms with E-state index in [1.807, 2.05) is 4.90 Å². The summed E-state index contributed by atoms with van der Waals surface area (Å²) in [6.07, 6.45) is 7.62. The van der Waals surface area contributed by atoms with E-state index in [2.05, 4.69) is 0 Å². The number of rotatable bonds is 1. The molecular formula is C10H15NOS. The molecule has 1 saturated heterocycles. The molecule has 0 radical (unpaired) electrons. The molecule has 1 aliphatic carbocycles. The Kier molecular flexibility index (Phi) is 2.63. The first-order chi connectivity index (χ1) is 6.29. The molecule has 0 aromatic heterocycles. The first-order valence-corrected chi connectivity index (χ1v) is 5.55. The monoisotopic (exact) mass is 197 g/mol. The Hall–Kier alpha value is -0.440. The van der Waals surface area contributed by atoms with E-state index in [9.17, 15) is 4.79 Å². The molecule has 0 unspecified atom stereocenters. The van der Waals surface area contributed by atoms with Gasteiger partial charge in [-0.1, -0.05) is 31.5 Å². The van der Waals surface area contributed by atoms with Crippen LogP contribution in [0.3, 0.4) is 0 Å². The molecule has 2 rings (SSSR count). The molecule has 72 valence electrons. The fourth-order valence-electron chi connectivity index (χ4n) is 2.34. The van der Waals surface area contributed by atoms with Crippen molar-refractivity contribution in [1.82, 2.24) is 4.90 Å². The summed E-state index contributed by atoms with van der Waals surface area (Å²) in [7, 11) is 0. The molecule has 13 heavy (non-hydrogen) atoms. The first-order valence-electron chi connectivity index (χ1n) is 5.14. The van der Waals surface area contributed by atoms with Gasteiger partial charge in [0.1, 0.15) is 0 Å². The number of hydrogen-bond acceptors (Lipinski definition) is 2. The fraction of sp³-hybridized carbons (Fsp3) is 0.800. The van der Waals surface area contributed by atoms with Crippen molar-refractivity contribution in [2.45, 2.75) is 51.0 Å².